The van der Waals surface area contributed by atoms with Gasteiger partial charge < -0.3 is 9.15 Å². The number of hydrogen-bond donors (Lipinski definition) is 0. The monoisotopic (exact) mass is 399 g/mol. The molecule has 3 aromatic rings. The molecule has 0 aliphatic carbocycles. The highest BCUT2D eigenvalue weighted by molar-refractivity contribution is 6.32. The van der Waals surface area contributed by atoms with Gasteiger partial charge in [0.15, 0.2) is 0 Å². The standard InChI is InChI=1S/C17H9ClF3NO5/c1-8-4-16(23)27-14-7-15(12(18)6-10(8)14)26-13-3-2-9(22(24)25)5-11(13)17(19,20)21/h2-7H,1H3. The van der Waals surface area contributed by atoms with Crippen molar-refractivity contribution in [2.24, 2.45) is 0 Å². The van der Waals surface area contributed by atoms with Crippen LogP contribution in [-0.2, 0) is 6.18 Å². The lowest BCUT2D eigenvalue weighted by atomic mass is 10.1. The van der Waals surface area contributed by atoms with Crippen LogP contribution < -0.4 is 10.4 Å². The Hall–Kier alpha value is -3.07. The lowest BCUT2D eigenvalue weighted by Crippen LogP contribution is -2.08. The topological polar surface area (TPSA) is 82.6 Å². The van der Waals surface area contributed by atoms with Crippen LogP contribution >= 0.6 is 11.6 Å². The molecule has 0 saturated heterocycles. The fourth-order valence-electron chi connectivity index (χ4n) is 2.46. The van der Waals surface area contributed by atoms with E-state index in [0.717, 1.165) is 12.1 Å². The molecule has 10 heteroatoms. The molecule has 0 aliphatic heterocycles. The number of hydrogen-bond acceptors (Lipinski definition) is 5. The molecule has 1 aromatic heterocycles. The van der Waals surface area contributed by atoms with E-state index in [-0.39, 0.29) is 16.4 Å². The molecule has 0 unspecified atom stereocenters. The minimum atomic E-state index is -4.90. The zero-order chi connectivity index (χ0) is 19.9. The molecular weight excluding hydrogens is 391 g/mol. The summed E-state index contributed by atoms with van der Waals surface area (Å²) in [6.07, 6.45) is -4.90. The van der Waals surface area contributed by atoms with Crippen LogP contribution in [0.1, 0.15) is 11.1 Å². The molecule has 0 atom stereocenters. The highest BCUT2D eigenvalue weighted by atomic mass is 35.5. The number of alkyl halides is 3. The van der Waals surface area contributed by atoms with E-state index in [1.165, 1.54) is 18.2 Å². The molecule has 0 aliphatic rings. The van der Waals surface area contributed by atoms with Gasteiger partial charge in [0.25, 0.3) is 5.69 Å². The number of fused-ring (bicyclic) bond motifs is 1. The largest absolute Gasteiger partial charge is 0.455 e. The molecule has 140 valence electrons. The Bertz CT molecular complexity index is 1120. The van der Waals surface area contributed by atoms with Crippen LogP contribution in [0.4, 0.5) is 18.9 Å². The number of nitrogens with zero attached hydrogens (tertiary/aromatic N) is 1. The van der Waals surface area contributed by atoms with Gasteiger partial charge in [0.1, 0.15) is 22.6 Å². The maximum atomic E-state index is 13.3. The number of aryl methyl sites for hydroxylation is 1. The predicted molar refractivity (Wildman–Crippen MR) is 90.4 cm³/mol. The molecule has 27 heavy (non-hydrogen) atoms. The van der Waals surface area contributed by atoms with Gasteiger partial charge in [-0.2, -0.15) is 13.2 Å². The second kappa shape index (κ2) is 6.58. The average molecular weight is 400 g/mol. The Morgan fingerprint density at radius 2 is 1.85 bits per heavy atom. The summed E-state index contributed by atoms with van der Waals surface area (Å²) in [5.74, 6) is -0.874. The first kappa shape index (κ1) is 18.7. The van der Waals surface area contributed by atoms with Crippen molar-refractivity contribution >= 4 is 28.3 Å². The smallest absolute Gasteiger partial charge is 0.420 e. The summed E-state index contributed by atoms with van der Waals surface area (Å²) in [7, 11) is 0. The average Bonchev–Trinajstić information content (AvgIpc) is 2.55. The van der Waals surface area contributed by atoms with Crippen molar-refractivity contribution < 1.29 is 27.2 Å². The van der Waals surface area contributed by atoms with Crippen LogP contribution in [0.3, 0.4) is 0 Å². The Kier molecular flexibility index (Phi) is 4.56. The third-order valence-electron chi connectivity index (χ3n) is 3.70. The highest BCUT2D eigenvalue weighted by Gasteiger charge is 2.36. The molecule has 0 amide bonds. The maximum absolute atomic E-state index is 13.3. The molecule has 2 aromatic carbocycles. The van der Waals surface area contributed by atoms with Crippen LogP contribution in [0.25, 0.3) is 11.0 Å². The molecule has 0 N–H and O–H groups in total. The Balaban J connectivity index is 2.13. The number of halogens is 4. The normalized spacial score (nSPS) is 11.6. The van der Waals surface area contributed by atoms with E-state index in [9.17, 15) is 28.1 Å². The SMILES string of the molecule is Cc1cc(=O)oc2cc(Oc3ccc([N+](=O)[O-])cc3C(F)(F)F)c(Cl)cc12. The first-order valence-corrected chi connectivity index (χ1v) is 7.71. The van der Waals surface area contributed by atoms with E-state index in [1.807, 2.05) is 0 Å². The number of nitro benzene ring substituents is 1. The van der Waals surface area contributed by atoms with Crippen LogP contribution in [0, 0.1) is 17.0 Å². The summed E-state index contributed by atoms with van der Waals surface area (Å²) in [5, 5.41) is 11.2. The van der Waals surface area contributed by atoms with E-state index >= 15 is 0 Å². The van der Waals surface area contributed by atoms with Crippen LogP contribution in [0.15, 0.2) is 45.6 Å². The van der Waals surface area contributed by atoms with Gasteiger partial charge in [-0.25, -0.2) is 4.79 Å². The van der Waals surface area contributed by atoms with E-state index in [0.29, 0.717) is 17.0 Å². The number of ether oxygens (including phenoxy) is 1. The molecule has 0 radical (unpaired) electrons. The first-order valence-electron chi connectivity index (χ1n) is 7.34. The number of rotatable bonds is 3. The number of non-ortho nitro benzene ring substituents is 1. The third-order valence-corrected chi connectivity index (χ3v) is 4.00. The van der Waals surface area contributed by atoms with E-state index in [1.54, 1.807) is 6.92 Å². The maximum Gasteiger partial charge on any atom is 0.420 e. The fourth-order valence-corrected chi connectivity index (χ4v) is 2.66. The summed E-state index contributed by atoms with van der Waals surface area (Å²) in [4.78, 5) is 21.3. The van der Waals surface area contributed by atoms with Crippen molar-refractivity contribution in [2.45, 2.75) is 13.1 Å². The van der Waals surface area contributed by atoms with Crippen molar-refractivity contribution in [3.63, 3.8) is 0 Å². The molecule has 0 spiro atoms. The number of benzene rings is 2. The number of nitro groups is 1. The zero-order valence-corrected chi connectivity index (χ0v) is 14.2. The van der Waals surface area contributed by atoms with Gasteiger partial charge in [-0.15, -0.1) is 0 Å². The second-order valence-corrected chi connectivity index (χ2v) is 5.97. The highest BCUT2D eigenvalue weighted by Crippen LogP contribution is 2.42. The van der Waals surface area contributed by atoms with Crippen LogP contribution in [-0.4, -0.2) is 4.92 Å². The third kappa shape index (κ3) is 3.72. The molecule has 1 heterocycles. The summed E-state index contributed by atoms with van der Waals surface area (Å²) in [5.41, 5.74) is -2.06. The molecule has 0 bridgehead atoms. The minimum Gasteiger partial charge on any atom is -0.455 e. The first-order chi connectivity index (χ1) is 12.6. The summed E-state index contributed by atoms with van der Waals surface area (Å²) >= 11 is 6.08. The van der Waals surface area contributed by atoms with Crippen molar-refractivity contribution in [1.29, 1.82) is 0 Å². The van der Waals surface area contributed by atoms with E-state index in [4.69, 9.17) is 20.8 Å². The van der Waals surface area contributed by atoms with Crippen LogP contribution in [0.5, 0.6) is 11.5 Å². The summed E-state index contributed by atoms with van der Waals surface area (Å²) in [6, 6.07) is 5.90. The predicted octanol–water partition coefficient (Wildman–Crippen LogP) is 5.47. The molecular formula is C17H9ClF3NO5. The Morgan fingerprint density at radius 3 is 2.48 bits per heavy atom. The van der Waals surface area contributed by atoms with Gasteiger partial charge in [-0.3, -0.25) is 10.1 Å². The van der Waals surface area contributed by atoms with Gasteiger partial charge >= 0.3 is 11.8 Å². The summed E-state index contributed by atoms with van der Waals surface area (Å²) < 4.78 is 50.0. The lowest BCUT2D eigenvalue weighted by Gasteiger charge is -2.14. The quantitative estimate of drug-likeness (QED) is 0.331. The summed E-state index contributed by atoms with van der Waals surface area (Å²) in [6.45, 7) is 1.65. The zero-order valence-electron chi connectivity index (χ0n) is 13.5. The molecule has 3 rings (SSSR count). The molecule has 0 saturated carbocycles. The molecule has 0 fully saturated rings. The van der Waals surface area contributed by atoms with Gasteiger partial charge in [-0.05, 0) is 24.6 Å². The fraction of sp³-hybridized carbons (Fsp3) is 0.118. The minimum absolute atomic E-state index is 0.0223. The van der Waals surface area contributed by atoms with Crippen molar-refractivity contribution in [3.8, 4) is 11.5 Å². The van der Waals surface area contributed by atoms with Crippen molar-refractivity contribution in [2.75, 3.05) is 0 Å². The Morgan fingerprint density at radius 1 is 1.15 bits per heavy atom. The van der Waals surface area contributed by atoms with Gasteiger partial charge in [0.2, 0.25) is 0 Å². The second-order valence-electron chi connectivity index (χ2n) is 5.56. The van der Waals surface area contributed by atoms with Crippen molar-refractivity contribution in [1.82, 2.24) is 0 Å². The van der Waals surface area contributed by atoms with Crippen LogP contribution in [0.2, 0.25) is 5.02 Å². The van der Waals surface area contributed by atoms with Gasteiger partial charge in [0, 0.05) is 29.7 Å². The lowest BCUT2D eigenvalue weighted by molar-refractivity contribution is -0.385. The molecule has 6 nitrogen and oxygen atoms in total. The van der Waals surface area contributed by atoms with Gasteiger partial charge in [0.05, 0.1) is 9.95 Å². The van der Waals surface area contributed by atoms with Gasteiger partial charge in [-0.1, -0.05) is 11.6 Å². The van der Waals surface area contributed by atoms with E-state index in [2.05, 4.69) is 0 Å². The Labute approximate surface area is 153 Å². The van der Waals surface area contributed by atoms with Crippen molar-refractivity contribution in [3.05, 3.63) is 73.1 Å². The van der Waals surface area contributed by atoms with E-state index < -0.39 is 33.7 Å².